The topological polar surface area (TPSA) is 82.9 Å². The summed E-state index contributed by atoms with van der Waals surface area (Å²) in [5, 5.41) is 22.7. The molecule has 6 heteroatoms. The van der Waals surface area contributed by atoms with E-state index < -0.39 is 12.2 Å². The van der Waals surface area contributed by atoms with Crippen molar-refractivity contribution in [3.63, 3.8) is 0 Å². The second kappa shape index (κ2) is 10.1. The van der Waals surface area contributed by atoms with Gasteiger partial charge >= 0.3 is 0 Å². The number of hydrogen-bond donors (Lipinski definition) is 2. The van der Waals surface area contributed by atoms with Crippen LogP contribution in [0.15, 0.2) is 73.4 Å². The SMILES string of the molecule is C=C[C@H]1CN(C(=O)c2ccccc2)CC[C@H]1C[C@H](O)[C@@H](O)c1ccnc2ccc(OC)cc12. The van der Waals surface area contributed by atoms with Gasteiger partial charge in [-0.3, -0.25) is 9.78 Å². The van der Waals surface area contributed by atoms with Crippen LogP contribution in [0.3, 0.4) is 0 Å². The molecule has 4 rings (SSSR count). The quantitative estimate of drug-likeness (QED) is 0.536. The molecular weight excluding hydrogens is 416 g/mol. The Labute approximate surface area is 194 Å². The Hall–Kier alpha value is -3.22. The monoisotopic (exact) mass is 446 g/mol. The number of carbonyl (C=O) groups is 1. The molecule has 0 saturated carbocycles. The summed E-state index contributed by atoms with van der Waals surface area (Å²) in [6.45, 7) is 5.13. The fraction of sp³-hybridized carbons (Fsp3) is 0.333. The van der Waals surface area contributed by atoms with E-state index in [-0.39, 0.29) is 17.7 Å². The highest BCUT2D eigenvalue weighted by Crippen LogP contribution is 2.34. The molecule has 2 aromatic carbocycles. The average Bonchev–Trinajstić information content (AvgIpc) is 2.87. The second-order valence-electron chi connectivity index (χ2n) is 8.60. The Morgan fingerprint density at radius 1 is 1.24 bits per heavy atom. The summed E-state index contributed by atoms with van der Waals surface area (Å²) >= 11 is 0. The molecule has 33 heavy (non-hydrogen) atoms. The minimum Gasteiger partial charge on any atom is -0.497 e. The van der Waals surface area contributed by atoms with E-state index in [1.807, 2.05) is 59.5 Å². The molecular formula is C27H30N2O4. The van der Waals surface area contributed by atoms with Gasteiger partial charge in [0.1, 0.15) is 11.9 Å². The van der Waals surface area contributed by atoms with Crippen molar-refractivity contribution in [2.24, 2.45) is 11.8 Å². The average molecular weight is 447 g/mol. The number of ether oxygens (including phenoxy) is 1. The predicted molar refractivity (Wildman–Crippen MR) is 128 cm³/mol. The molecule has 0 aliphatic carbocycles. The number of aliphatic hydroxyl groups excluding tert-OH is 2. The lowest BCUT2D eigenvalue weighted by atomic mass is 9.80. The molecule has 0 radical (unpaired) electrons. The lowest BCUT2D eigenvalue weighted by molar-refractivity contribution is -0.00716. The van der Waals surface area contributed by atoms with E-state index in [4.69, 9.17) is 4.74 Å². The van der Waals surface area contributed by atoms with Gasteiger partial charge < -0.3 is 19.8 Å². The number of methoxy groups -OCH3 is 1. The van der Waals surface area contributed by atoms with Crippen molar-refractivity contribution in [1.82, 2.24) is 9.88 Å². The minimum atomic E-state index is -1.06. The van der Waals surface area contributed by atoms with E-state index in [2.05, 4.69) is 11.6 Å². The molecule has 1 aromatic heterocycles. The van der Waals surface area contributed by atoms with Gasteiger partial charge in [-0.05, 0) is 66.6 Å². The highest BCUT2D eigenvalue weighted by atomic mass is 16.5. The van der Waals surface area contributed by atoms with Gasteiger partial charge in [0.15, 0.2) is 0 Å². The number of aliphatic hydroxyl groups is 2. The number of piperidine rings is 1. The van der Waals surface area contributed by atoms with Gasteiger partial charge in [0.05, 0.1) is 18.7 Å². The number of nitrogens with zero attached hydrogens (tertiary/aromatic N) is 2. The van der Waals surface area contributed by atoms with Crippen LogP contribution in [-0.4, -0.2) is 52.3 Å². The Balaban J connectivity index is 1.46. The molecule has 6 nitrogen and oxygen atoms in total. The fourth-order valence-electron chi connectivity index (χ4n) is 4.72. The van der Waals surface area contributed by atoms with Crippen LogP contribution < -0.4 is 4.74 Å². The van der Waals surface area contributed by atoms with Crippen LogP contribution in [0.25, 0.3) is 10.9 Å². The molecule has 1 saturated heterocycles. The third kappa shape index (κ3) is 4.92. The number of aromatic nitrogens is 1. The Morgan fingerprint density at radius 3 is 2.76 bits per heavy atom. The van der Waals surface area contributed by atoms with Gasteiger partial charge in [-0.1, -0.05) is 24.3 Å². The highest BCUT2D eigenvalue weighted by Gasteiger charge is 2.33. The molecule has 2 heterocycles. The number of pyridine rings is 1. The van der Waals surface area contributed by atoms with E-state index in [1.54, 1.807) is 19.4 Å². The lowest BCUT2D eigenvalue weighted by Gasteiger charge is -2.38. The lowest BCUT2D eigenvalue weighted by Crippen LogP contribution is -2.44. The zero-order valence-electron chi connectivity index (χ0n) is 18.8. The largest absolute Gasteiger partial charge is 0.497 e. The first-order valence-corrected chi connectivity index (χ1v) is 11.3. The van der Waals surface area contributed by atoms with Crippen LogP contribution in [-0.2, 0) is 0 Å². The molecule has 172 valence electrons. The maximum Gasteiger partial charge on any atom is 0.253 e. The second-order valence-corrected chi connectivity index (χ2v) is 8.60. The van der Waals surface area contributed by atoms with Gasteiger partial charge in [0.2, 0.25) is 0 Å². The predicted octanol–water partition coefficient (Wildman–Crippen LogP) is 3.99. The molecule has 1 aliphatic heterocycles. The van der Waals surface area contributed by atoms with Crippen molar-refractivity contribution in [3.05, 3.63) is 84.6 Å². The number of benzene rings is 2. The molecule has 4 atom stereocenters. The molecule has 3 aromatic rings. The van der Waals surface area contributed by atoms with Crippen molar-refractivity contribution in [2.75, 3.05) is 20.2 Å². The molecule has 0 unspecified atom stereocenters. The number of likely N-dealkylation sites (tertiary alicyclic amines) is 1. The summed E-state index contributed by atoms with van der Waals surface area (Å²) < 4.78 is 5.31. The van der Waals surface area contributed by atoms with Crippen LogP contribution in [0.5, 0.6) is 5.75 Å². The van der Waals surface area contributed by atoms with Crippen molar-refractivity contribution in [2.45, 2.75) is 25.0 Å². The van der Waals surface area contributed by atoms with E-state index >= 15 is 0 Å². The molecule has 1 aliphatic rings. The van der Waals surface area contributed by atoms with E-state index in [0.29, 0.717) is 36.4 Å². The molecule has 0 bridgehead atoms. The fourth-order valence-corrected chi connectivity index (χ4v) is 4.72. The van der Waals surface area contributed by atoms with Crippen LogP contribution in [0.2, 0.25) is 0 Å². The minimum absolute atomic E-state index is 0.0127. The zero-order chi connectivity index (χ0) is 23.4. The third-order valence-corrected chi connectivity index (χ3v) is 6.63. The Morgan fingerprint density at radius 2 is 2.03 bits per heavy atom. The van der Waals surface area contributed by atoms with E-state index in [1.165, 1.54) is 0 Å². The summed E-state index contributed by atoms with van der Waals surface area (Å²) in [4.78, 5) is 19.0. The number of rotatable bonds is 7. The van der Waals surface area contributed by atoms with Gasteiger partial charge in [-0.2, -0.15) is 0 Å². The van der Waals surface area contributed by atoms with Gasteiger partial charge in [-0.15, -0.1) is 6.58 Å². The third-order valence-electron chi connectivity index (χ3n) is 6.63. The number of fused-ring (bicyclic) bond motifs is 1. The number of carbonyl (C=O) groups excluding carboxylic acids is 1. The first-order chi connectivity index (χ1) is 16.0. The Kier molecular flexibility index (Phi) is 7.06. The summed E-state index contributed by atoms with van der Waals surface area (Å²) in [5.74, 6) is 0.844. The van der Waals surface area contributed by atoms with Crippen molar-refractivity contribution >= 4 is 16.8 Å². The Bertz CT molecular complexity index is 1120. The first kappa shape index (κ1) is 23.0. The van der Waals surface area contributed by atoms with Crippen LogP contribution in [0.1, 0.15) is 34.9 Å². The van der Waals surface area contributed by atoms with Gasteiger partial charge in [-0.25, -0.2) is 0 Å². The highest BCUT2D eigenvalue weighted by molar-refractivity contribution is 5.94. The van der Waals surface area contributed by atoms with Crippen molar-refractivity contribution in [1.29, 1.82) is 0 Å². The van der Waals surface area contributed by atoms with Crippen LogP contribution in [0, 0.1) is 11.8 Å². The number of hydrogen-bond acceptors (Lipinski definition) is 5. The summed E-state index contributed by atoms with van der Waals surface area (Å²) in [7, 11) is 1.59. The summed E-state index contributed by atoms with van der Waals surface area (Å²) in [6, 6.07) is 16.5. The maximum atomic E-state index is 12.8. The van der Waals surface area contributed by atoms with Crippen molar-refractivity contribution in [3.8, 4) is 5.75 Å². The van der Waals surface area contributed by atoms with E-state index in [0.717, 1.165) is 17.3 Å². The maximum absolute atomic E-state index is 12.8. The zero-order valence-corrected chi connectivity index (χ0v) is 18.8. The van der Waals surface area contributed by atoms with Crippen LogP contribution in [0.4, 0.5) is 0 Å². The normalized spacial score (nSPS) is 20.3. The smallest absolute Gasteiger partial charge is 0.253 e. The van der Waals surface area contributed by atoms with Gasteiger partial charge in [0.25, 0.3) is 5.91 Å². The molecule has 1 fully saturated rings. The standard InChI is InChI=1S/C27H30N2O4/c1-3-18-17-29(27(32)19-7-5-4-6-8-19)14-12-20(18)15-25(30)26(31)22-11-13-28-24-10-9-21(33-2)16-23(22)24/h3-11,13,16,18,20,25-26,30-31H,1,12,14-15,17H2,2H3/t18-,20-,25-,26-/m0/s1. The molecule has 2 N–H and O–H groups in total. The summed E-state index contributed by atoms with van der Waals surface area (Å²) in [6.07, 6.45) is 2.65. The molecule has 0 spiro atoms. The van der Waals surface area contributed by atoms with Gasteiger partial charge in [0, 0.05) is 30.2 Å². The number of amides is 1. The summed E-state index contributed by atoms with van der Waals surface area (Å²) in [5.41, 5.74) is 2.03. The van der Waals surface area contributed by atoms with Crippen LogP contribution >= 0.6 is 0 Å². The molecule has 1 amide bonds. The first-order valence-electron chi connectivity index (χ1n) is 11.3. The van der Waals surface area contributed by atoms with E-state index in [9.17, 15) is 15.0 Å². The van der Waals surface area contributed by atoms with Crippen molar-refractivity contribution < 1.29 is 19.7 Å².